The van der Waals surface area contributed by atoms with Crippen molar-refractivity contribution >= 4 is 5.91 Å². The van der Waals surface area contributed by atoms with Gasteiger partial charge in [-0.1, -0.05) is 37.3 Å². The SMILES string of the molecule is CCC(=O)NC.OCC1CCCN1CCCc1ccccc1. The summed E-state index contributed by atoms with van der Waals surface area (Å²) < 4.78 is 0. The number of nitrogens with one attached hydrogen (secondary N) is 1. The molecular weight excluding hydrogens is 276 g/mol. The largest absolute Gasteiger partial charge is 0.395 e. The number of aliphatic hydroxyl groups is 1. The molecule has 0 spiro atoms. The highest BCUT2D eigenvalue weighted by molar-refractivity contribution is 5.74. The predicted molar refractivity (Wildman–Crippen MR) is 90.8 cm³/mol. The Labute approximate surface area is 134 Å². The van der Waals surface area contributed by atoms with Crippen molar-refractivity contribution in [3.8, 4) is 0 Å². The van der Waals surface area contributed by atoms with Gasteiger partial charge in [0.2, 0.25) is 5.91 Å². The molecule has 0 bridgehead atoms. The number of aliphatic hydroxyl groups excluding tert-OH is 1. The zero-order valence-electron chi connectivity index (χ0n) is 13.9. The van der Waals surface area contributed by atoms with E-state index in [2.05, 4.69) is 40.5 Å². The van der Waals surface area contributed by atoms with Gasteiger partial charge in [-0.3, -0.25) is 9.69 Å². The van der Waals surface area contributed by atoms with Crippen LogP contribution in [0.25, 0.3) is 0 Å². The van der Waals surface area contributed by atoms with Crippen LogP contribution in [0.2, 0.25) is 0 Å². The van der Waals surface area contributed by atoms with Gasteiger partial charge in [0.25, 0.3) is 0 Å². The van der Waals surface area contributed by atoms with Crippen LogP contribution in [0.4, 0.5) is 0 Å². The van der Waals surface area contributed by atoms with Crippen LogP contribution in [0.15, 0.2) is 30.3 Å². The maximum atomic E-state index is 10.1. The van der Waals surface area contributed by atoms with E-state index >= 15 is 0 Å². The Hall–Kier alpha value is -1.39. The highest BCUT2D eigenvalue weighted by Crippen LogP contribution is 2.17. The lowest BCUT2D eigenvalue weighted by Crippen LogP contribution is -2.33. The highest BCUT2D eigenvalue weighted by Gasteiger charge is 2.22. The van der Waals surface area contributed by atoms with Crippen molar-refractivity contribution in [2.45, 2.75) is 45.1 Å². The lowest BCUT2D eigenvalue weighted by molar-refractivity contribution is -0.120. The summed E-state index contributed by atoms with van der Waals surface area (Å²) >= 11 is 0. The molecule has 1 aromatic rings. The molecule has 0 radical (unpaired) electrons. The van der Waals surface area contributed by atoms with Crippen LogP contribution in [0, 0.1) is 0 Å². The average Bonchev–Trinajstić information content (AvgIpc) is 3.03. The molecule has 4 nitrogen and oxygen atoms in total. The number of carbonyl (C=O) groups is 1. The Morgan fingerprint density at radius 2 is 2.09 bits per heavy atom. The summed E-state index contributed by atoms with van der Waals surface area (Å²) in [6.45, 7) is 4.43. The second-order valence-electron chi connectivity index (χ2n) is 5.63. The number of hydrogen-bond acceptors (Lipinski definition) is 3. The molecule has 1 aromatic carbocycles. The van der Waals surface area contributed by atoms with E-state index in [0.29, 0.717) is 19.1 Å². The van der Waals surface area contributed by atoms with Crippen LogP contribution < -0.4 is 5.32 Å². The molecular formula is C18H30N2O2. The quantitative estimate of drug-likeness (QED) is 0.847. The maximum Gasteiger partial charge on any atom is 0.219 e. The van der Waals surface area contributed by atoms with Gasteiger partial charge in [-0.15, -0.1) is 0 Å². The monoisotopic (exact) mass is 306 g/mol. The van der Waals surface area contributed by atoms with E-state index in [1.54, 1.807) is 7.05 Å². The number of benzene rings is 1. The van der Waals surface area contributed by atoms with E-state index in [1.165, 1.54) is 31.4 Å². The van der Waals surface area contributed by atoms with Gasteiger partial charge in [0, 0.05) is 19.5 Å². The molecule has 1 atom stereocenters. The summed E-state index contributed by atoms with van der Waals surface area (Å²) in [6.07, 6.45) is 5.34. The molecule has 1 fully saturated rings. The van der Waals surface area contributed by atoms with Crippen molar-refractivity contribution in [2.24, 2.45) is 0 Å². The number of carbonyl (C=O) groups excluding carboxylic acids is 1. The number of aryl methyl sites for hydroxylation is 1. The van der Waals surface area contributed by atoms with Crippen molar-refractivity contribution in [1.29, 1.82) is 0 Å². The molecule has 0 aromatic heterocycles. The Bertz CT molecular complexity index is 403. The smallest absolute Gasteiger partial charge is 0.219 e. The standard InChI is InChI=1S/C14H21NO.C4H9NO/c16-12-14-9-5-11-15(14)10-4-8-13-6-2-1-3-7-13;1-3-4(6)5-2/h1-3,6-7,14,16H,4-5,8-12H2;3H2,1-2H3,(H,5,6). The summed E-state index contributed by atoms with van der Waals surface area (Å²) in [5, 5.41) is 11.7. The maximum absolute atomic E-state index is 10.1. The fourth-order valence-corrected chi connectivity index (χ4v) is 2.70. The summed E-state index contributed by atoms with van der Waals surface area (Å²) in [5.41, 5.74) is 1.42. The van der Waals surface area contributed by atoms with Crippen molar-refractivity contribution < 1.29 is 9.90 Å². The third-order valence-corrected chi connectivity index (χ3v) is 4.06. The molecule has 0 saturated carbocycles. The van der Waals surface area contributed by atoms with Gasteiger partial charge < -0.3 is 10.4 Å². The molecule has 0 aliphatic carbocycles. The van der Waals surface area contributed by atoms with Crippen LogP contribution in [-0.4, -0.2) is 48.7 Å². The van der Waals surface area contributed by atoms with Gasteiger partial charge in [-0.2, -0.15) is 0 Å². The minimum Gasteiger partial charge on any atom is -0.395 e. The Morgan fingerprint density at radius 1 is 1.36 bits per heavy atom. The first-order valence-electron chi connectivity index (χ1n) is 8.30. The fraction of sp³-hybridized carbons (Fsp3) is 0.611. The van der Waals surface area contributed by atoms with Gasteiger partial charge in [0.15, 0.2) is 0 Å². The number of likely N-dealkylation sites (tertiary alicyclic amines) is 1. The van der Waals surface area contributed by atoms with E-state index in [4.69, 9.17) is 0 Å². The van der Waals surface area contributed by atoms with Gasteiger partial charge >= 0.3 is 0 Å². The summed E-state index contributed by atoms with van der Waals surface area (Å²) in [7, 11) is 1.63. The molecule has 1 aliphatic rings. The van der Waals surface area contributed by atoms with Crippen LogP contribution in [0.3, 0.4) is 0 Å². The Morgan fingerprint density at radius 3 is 2.64 bits per heavy atom. The normalized spacial score (nSPS) is 17.7. The van der Waals surface area contributed by atoms with Gasteiger partial charge in [0.05, 0.1) is 6.61 Å². The van der Waals surface area contributed by atoms with Gasteiger partial charge in [0.1, 0.15) is 0 Å². The zero-order valence-corrected chi connectivity index (χ0v) is 13.9. The average molecular weight is 306 g/mol. The van der Waals surface area contributed by atoms with Gasteiger partial charge in [-0.05, 0) is 44.3 Å². The fourth-order valence-electron chi connectivity index (χ4n) is 2.70. The number of nitrogens with zero attached hydrogens (tertiary/aromatic N) is 1. The molecule has 1 saturated heterocycles. The van der Waals surface area contributed by atoms with E-state index < -0.39 is 0 Å². The van der Waals surface area contributed by atoms with Crippen molar-refractivity contribution in [3.05, 3.63) is 35.9 Å². The van der Waals surface area contributed by atoms with Crippen LogP contribution in [0.5, 0.6) is 0 Å². The number of rotatable bonds is 6. The van der Waals surface area contributed by atoms with E-state index in [1.807, 2.05) is 6.92 Å². The Kier molecular flexibility index (Phi) is 9.51. The van der Waals surface area contributed by atoms with Crippen LogP contribution >= 0.6 is 0 Å². The second-order valence-corrected chi connectivity index (χ2v) is 5.63. The minimum atomic E-state index is 0.0926. The molecule has 2 N–H and O–H groups in total. The van der Waals surface area contributed by atoms with E-state index in [0.717, 1.165) is 13.0 Å². The van der Waals surface area contributed by atoms with Crippen molar-refractivity contribution in [2.75, 3.05) is 26.7 Å². The highest BCUT2D eigenvalue weighted by atomic mass is 16.3. The first-order chi connectivity index (χ1) is 10.7. The second kappa shape index (κ2) is 11.2. The molecule has 22 heavy (non-hydrogen) atoms. The van der Waals surface area contributed by atoms with Crippen LogP contribution in [0.1, 0.15) is 38.2 Å². The molecule has 2 rings (SSSR count). The lowest BCUT2D eigenvalue weighted by Gasteiger charge is -2.22. The molecule has 1 unspecified atom stereocenters. The van der Waals surface area contributed by atoms with E-state index in [9.17, 15) is 9.90 Å². The first-order valence-corrected chi connectivity index (χ1v) is 8.30. The topological polar surface area (TPSA) is 52.6 Å². The van der Waals surface area contributed by atoms with E-state index in [-0.39, 0.29) is 5.91 Å². The molecule has 1 heterocycles. The number of hydrogen-bond donors (Lipinski definition) is 2. The summed E-state index contributed by atoms with van der Waals surface area (Å²) in [6, 6.07) is 11.1. The van der Waals surface area contributed by atoms with Crippen molar-refractivity contribution in [3.63, 3.8) is 0 Å². The minimum absolute atomic E-state index is 0.0926. The number of amides is 1. The summed E-state index contributed by atoms with van der Waals surface area (Å²) in [4.78, 5) is 12.5. The van der Waals surface area contributed by atoms with Gasteiger partial charge in [-0.25, -0.2) is 0 Å². The molecule has 1 amide bonds. The molecule has 4 heteroatoms. The lowest BCUT2D eigenvalue weighted by atomic mass is 10.1. The zero-order chi connectivity index (χ0) is 16.2. The first kappa shape index (κ1) is 18.7. The molecule has 124 valence electrons. The Balaban J connectivity index is 0.000000346. The molecule has 1 aliphatic heterocycles. The van der Waals surface area contributed by atoms with Crippen LogP contribution in [-0.2, 0) is 11.2 Å². The third-order valence-electron chi connectivity index (χ3n) is 4.06. The predicted octanol–water partition coefficient (Wildman–Crippen LogP) is 2.22. The third kappa shape index (κ3) is 7.05. The summed E-state index contributed by atoms with van der Waals surface area (Å²) in [5.74, 6) is 0.0926. The van der Waals surface area contributed by atoms with Crippen molar-refractivity contribution in [1.82, 2.24) is 10.2 Å².